The van der Waals surface area contributed by atoms with Crippen LogP contribution in [0.25, 0.3) is 0 Å². The summed E-state index contributed by atoms with van der Waals surface area (Å²) in [5, 5.41) is 0. The zero-order chi connectivity index (χ0) is 20.5. The predicted octanol–water partition coefficient (Wildman–Crippen LogP) is 10.7. The Bertz CT molecular complexity index is 257. The molecule has 0 heterocycles. The van der Waals surface area contributed by atoms with Gasteiger partial charge in [0.15, 0.2) is 0 Å². The summed E-state index contributed by atoms with van der Waals surface area (Å²) in [7, 11) is 0. The number of hydrogen-bond donors (Lipinski definition) is 0. The minimum atomic E-state index is 0.940. The summed E-state index contributed by atoms with van der Waals surface area (Å²) < 4.78 is 0. The third-order valence-electron chi connectivity index (χ3n) is 6.39. The minimum absolute atomic E-state index is 0.940. The Balaban J connectivity index is 3.05. The first-order valence-corrected chi connectivity index (χ1v) is 13.4. The van der Waals surface area contributed by atoms with E-state index in [0.29, 0.717) is 0 Å². The molecule has 168 valence electrons. The first kappa shape index (κ1) is 28.0. The first-order chi connectivity index (χ1) is 13.8. The highest BCUT2D eigenvalue weighted by Crippen LogP contribution is 2.18. The summed E-state index contributed by atoms with van der Waals surface area (Å²) in [6.07, 6.45) is 34.1. The van der Waals surface area contributed by atoms with Crippen LogP contribution in [0, 0.1) is 19.8 Å². The van der Waals surface area contributed by atoms with E-state index in [-0.39, 0.29) is 0 Å². The average molecular weight is 393 g/mol. The normalized spacial score (nSPS) is 12.5. The quantitative estimate of drug-likeness (QED) is 0.143. The molecule has 2 radical (unpaired) electrons. The minimum Gasteiger partial charge on any atom is -0.0625 e. The standard InChI is InChI=1S/C28H56/c1-4-6-8-9-10-11-12-13-14-15-16-17-18-19-20-21-22-23-25-27-28(3)26-24-7-5-2/h28H,1-2,4-27H2,3H3. The molecule has 0 aliphatic rings. The van der Waals surface area contributed by atoms with Crippen LogP contribution in [0.3, 0.4) is 0 Å². The van der Waals surface area contributed by atoms with Crippen molar-refractivity contribution in [1.29, 1.82) is 0 Å². The summed E-state index contributed by atoms with van der Waals surface area (Å²) >= 11 is 0. The molecule has 0 aromatic carbocycles. The third-order valence-corrected chi connectivity index (χ3v) is 6.39. The van der Waals surface area contributed by atoms with Gasteiger partial charge in [-0.05, 0) is 5.92 Å². The Morgan fingerprint density at radius 3 is 0.893 bits per heavy atom. The van der Waals surface area contributed by atoms with Crippen LogP contribution in [-0.2, 0) is 0 Å². The van der Waals surface area contributed by atoms with Crippen LogP contribution in [0.5, 0.6) is 0 Å². The molecule has 0 N–H and O–H groups in total. The van der Waals surface area contributed by atoms with Gasteiger partial charge in [0.25, 0.3) is 0 Å². The van der Waals surface area contributed by atoms with E-state index in [1.807, 2.05) is 0 Å². The van der Waals surface area contributed by atoms with Crippen LogP contribution in [0.1, 0.15) is 161 Å². The van der Waals surface area contributed by atoms with Crippen molar-refractivity contribution in [2.75, 3.05) is 0 Å². The van der Waals surface area contributed by atoms with Gasteiger partial charge in [0.1, 0.15) is 0 Å². The van der Waals surface area contributed by atoms with Crippen molar-refractivity contribution < 1.29 is 0 Å². The van der Waals surface area contributed by atoms with Gasteiger partial charge in [0.05, 0.1) is 0 Å². The van der Waals surface area contributed by atoms with E-state index in [1.165, 1.54) is 141 Å². The molecule has 0 nitrogen and oxygen atoms in total. The maximum absolute atomic E-state index is 3.94. The van der Waals surface area contributed by atoms with Crippen LogP contribution in [0.4, 0.5) is 0 Å². The first-order valence-electron chi connectivity index (χ1n) is 13.4. The second-order valence-corrected chi connectivity index (χ2v) is 9.46. The molecule has 1 unspecified atom stereocenters. The van der Waals surface area contributed by atoms with Crippen LogP contribution >= 0.6 is 0 Å². The van der Waals surface area contributed by atoms with Crippen molar-refractivity contribution in [3.63, 3.8) is 0 Å². The Morgan fingerprint density at radius 1 is 0.357 bits per heavy atom. The Hall–Kier alpha value is 0. The average Bonchev–Trinajstić information content (AvgIpc) is 2.70. The van der Waals surface area contributed by atoms with Crippen molar-refractivity contribution in [1.82, 2.24) is 0 Å². The summed E-state index contributed by atoms with van der Waals surface area (Å²) in [6, 6.07) is 0. The topological polar surface area (TPSA) is 0 Å². The molecule has 0 aromatic rings. The number of rotatable bonds is 24. The van der Waals surface area contributed by atoms with E-state index in [1.54, 1.807) is 0 Å². The highest BCUT2D eigenvalue weighted by atomic mass is 14.1. The van der Waals surface area contributed by atoms with Crippen molar-refractivity contribution in [2.24, 2.45) is 5.92 Å². The Labute approximate surface area is 181 Å². The molecule has 0 heteroatoms. The molecule has 28 heavy (non-hydrogen) atoms. The molecule has 0 aromatic heterocycles. The van der Waals surface area contributed by atoms with Gasteiger partial charge in [0.2, 0.25) is 0 Å². The number of unbranched alkanes of at least 4 members (excludes halogenated alkanes) is 20. The second kappa shape index (κ2) is 25.0. The van der Waals surface area contributed by atoms with Crippen LogP contribution < -0.4 is 0 Å². The highest BCUT2D eigenvalue weighted by Gasteiger charge is 2.01. The summed E-state index contributed by atoms with van der Waals surface area (Å²) in [4.78, 5) is 0. The Morgan fingerprint density at radius 2 is 0.571 bits per heavy atom. The van der Waals surface area contributed by atoms with Gasteiger partial charge in [0, 0.05) is 0 Å². The lowest BCUT2D eigenvalue weighted by Gasteiger charge is -2.10. The number of hydrogen-bond acceptors (Lipinski definition) is 0. The van der Waals surface area contributed by atoms with Crippen molar-refractivity contribution >= 4 is 0 Å². The van der Waals surface area contributed by atoms with Gasteiger partial charge in [-0.3, -0.25) is 0 Å². The molecule has 1 atom stereocenters. The molecule has 0 saturated heterocycles. The molecule has 0 amide bonds. The third kappa shape index (κ3) is 24.0. The van der Waals surface area contributed by atoms with Crippen LogP contribution in [-0.4, -0.2) is 0 Å². The van der Waals surface area contributed by atoms with E-state index < -0.39 is 0 Å². The molecule has 0 fully saturated rings. The fourth-order valence-corrected chi connectivity index (χ4v) is 4.31. The van der Waals surface area contributed by atoms with Crippen LogP contribution in [0.2, 0.25) is 0 Å². The van der Waals surface area contributed by atoms with Gasteiger partial charge >= 0.3 is 0 Å². The van der Waals surface area contributed by atoms with Crippen molar-refractivity contribution in [3.05, 3.63) is 13.8 Å². The zero-order valence-electron chi connectivity index (χ0n) is 20.0. The van der Waals surface area contributed by atoms with Gasteiger partial charge in [-0.2, -0.15) is 0 Å². The van der Waals surface area contributed by atoms with E-state index >= 15 is 0 Å². The zero-order valence-corrected chi connectivity index (χ0v) is 20.0. The second-order valence-electron chi connectivity index (χ2n) is 9.46. The lowest BCUT2D eigenvalue weighted by Crippen LogP contribution is -1.94. The molecule has 0 aliphatic carbocycles. The maximum atomic E-state index is 3.94. The fourth-order valence-electron chi connectivity index (χ4n) is 4.31. The summed E-state index contributed by atoms with van der Waals surface area (Å²) in [6.45, 7) is 10.3. The lowest BCUT2D eigenvalue weighted by molar-refractivity contribution is 0.437. The van der Waals surface area contributed by atoms with Crippen molar-refractivity contribution in [3.8, 4) is 0 Å². The van der Waals surface area contributed by atoms with Gasteiger partial charge in [-0.1, -0.05) is 175 Å². The molecule has 0 bridgehead atoms. The van der Waals surface area contributed by atoms with E-state index in [9.17, 15) is 0 Å². The SMILES string of the molecule is [CH2]CCCCCCCCCCCCCCCCCCCCC(C)CCCC[CH2]. The van der Waals surface area contributed by atoms with E-state index in [2.05, 4.69) is 20.8 Å². The van der Waals surface area contributed by atoms with E-state index in [0.717, 1.165) is 18.8 Å². The molecule has 0 aliphatic heterocycles. The lowest BCUT2D eigenvalue weighted by atomic mass is 9.96. The molecule has 0 rings (SSSR count). The van der Waals surface area contributed by atoms with Crippen molar-refractivity contribution in [2.45, 2.75) is 161 Å². The maximum Gasteiger partial charge on any atom is -0.0443 e. The van der Waals surface area contributed by atoms with Gasteiger partial charge in [-0.25, -0.2) is 0 Å². The molecule has 0 spiro atoms. The highest BCUT2D eigenvalue weighted by molar-refractivity contribution is 4.56. The van der Waals surface area contributed by atoms with Crippen LogP contribution in [0.15, 0.2) is 0 Å². The monoisotopic (exact) mass is 392 g/mol. The van der Waals surface area contributed by atoms with Gasteiger partial charge in [-0.15, -0.1) is 0 Å². The smallest absolute Gasteiger partial charge is 0.0443 e. The largest absolute Gasteiger partial charge is 0.0625 e. The summed E-state index contributed by atoms with van der Waals surface area (Å²) in [5.74, 6) is 0.940. The molecular formula is C28H56. The van der Waals surface area contributed by atoms with Gasteiger partial charge < -0.3 is 0 Å². The Kier molecular flexibility index (Phi) is 25.0. The van der Waals surface area contributed by atoms with E-state index in [4.69, 9.17) is 0 Å². The molecule has 0 saturated carbocycles. The fraction of sp³-hybridized carbons (Fsp3) is 0.929. The summed E-state index contributed by atoms with van der Waals surface area (Å²) in [5.41, 5.74) is 0. The molecular weight excluding hydrogens is 336 g/mol. The predicted molar refractivity (Wildman–Crippen MR) is 131 cm³/mol.